The number of oxazole rings is 1. The van der Waals surface area contributed by atoms with Gasteiger partial charge in [0.15, 0.2) is 5.82 Å². The van der Waals surface area contributed by atoms with E-state index in [1.807, 2.05) is 26.8 Å². The van der Waals surface area contributed by atoms with Gasteiger partial charge in [-0.3, -0.25) is 0 Å². The maximum Gasteiger partial charge on any atom is 0.262 e. The number of ether oxygens (including phenoxy) is 1. The first kappa shape index (κ1) is 13.0. The van der Waals surface area contributed by atoms with E-state index < -0.39 is 0 Å². The lowest BCUT2D eigenvalue weighted by Gasteiger charge is -2.03. The molecule has 0 amide bonds. The van der Waals surface area contributed by atoms with Crippen molar-refractivity contribution in [3.63, 3.8) is 0 Å². The van der Waals surface area contributed by atoms with Crippen LogP contribution in [0.25, 0.3) is 0 Å². The largest absolute Gasteiger partial charge is 0.436 e. The highest BCUT2D eigenvalue weighted by Gasteiger charge is 2.10. The number of hydrogen-bond acceptors (Lipinski definition) is 6. The van der Waals surface area contributed by atoms with Gasteiger partial charge < -0.3 is 9.15 Å². The van der Waals surface area contributed by atoms with Crippen LogP contribution in [0.2, 0.25) is 0 Å². The number of aromatic nitrogens is 3. The summed E-state index contributed by atoms with van der Waals surface area (Å²) in [5.41, 5.74) is 1.81. The van der Waals surface area contributed by atoms with Crippen molar-refractivity contribution in [2.24, 2.45) is 0 Å². The summed E-state index contributed by atoms with van der Waals surface area (Å²) in [5, 5.41) is 1.42. The fourth-order valence-electron chi connectivity index (χ4n) is 1.42. The summed E-state index contributed by atoms with van der Waals surface area (Å²) in [5.74, 6) is 1.50. The maximum atomic E-state index is 5.52. The molecule has 0 aliphatic heterocycles. The molecule has 2 rings (SSSR count). The summed E-state index contributed by atoms with van der Waals surface area (Å²) in [6.07, 6.45) is 0. The Kier molecular flexibility index (Phi) is 3.98. The SMILES string of the molecule is COCc1nc(C)cc(Sc2nc(C)c(C)o2)n1. The van der Waals surface area contributed by atoms with Crippen LogP contribution < -0.4 is 0 Å². The van der Waals surface area contributed by atoms with Crippen molar-refractivity contribution in [1.82, 2.24) is 15.0 Å². The zero-order chi connectivity index (χ0) is 13.1. The van der Waals surface area contributed by atoms with Crippen LogP contribution >= 0.6 is 11.8 Å². The van der Waals surface area contributed by atoms with Crippen molar-refractivity contribution in [1.29, 1.82) is 0 Å². The predicted octanol–water partition coefficient (Wildman–Crippen LogP) is 2.69. The van der Waals surface area contributed by atoms with Gasteiger partial charge in [-0.1, -0.05) is 0 Å². The molecule has 0 N–H and O–H groups in total. The third-order valence-electron chi connectivity index (χ3n) is 2.35. The van der Waals surface area contributed by atoms with Crippen molar-refractivity contribution < 1.29 is 9.15 Å². The van der Waals surface area contributed by atoms with Gasteiger partial charge in [-0.25, -0.2) is 15.0 Å². The molecule has 6 heteroatoms. The Morgan fingerprint density at radius 2 is 2.00 bits per heavy atom. The zero-order valence-electron chi connectivity index (χ0n) is 10.9. The molecule has 5 nitrogen and oxygen atoms in total. The summed E-state index contributed by atoms with van der Waals surface area (Å²) >= 11 is 1.39. The van der Waals surface area contributed by atoms with Gasteiger partial charge in [0.2, 0.25) is 0 Å². The van der Waals surface area contributed by atoms with E-state index in [1.54, 1.807) is 7.11 Å². The highest BCUT2D eigenvalue weighted by molar-refractivity contribution is 7.99. The summed E-state index contributed by atoms with van der Waals surface area (Å²) in [6.45, 7) is 6.15. The molecule has 0 aliphatic carbocycles. The Morgan fingerprint density at radius 3 is 2.61 bits per heavy atom. The van der Waals surface area contributed by atoms with Crippen LogP contribution in [0, 0.1) is 20.8 Å². The summed E-state index contributed by atoms with van der Waals surface area (Å²) in [4.78, 5) is 13.0. The van der Waals surface area contributed by atoms with E-state index in [4.69, 9.17) is 9.15 Å². The van der Waals surface area contributed by atoms with Crippen LogP contribution in [0.3, 0.4) is 0 Å². The summed E-state index contributed by atoms with van der Waals surface area (Å²) < 4.78 is 10.6. The Morgan fingerprint density at radius 1 is 1.22 bits per heavy atom. The second-order valence-corrected chi connectivity index (χ2v) is 4.89. The molecule has 0 saturated heterocycles. The van der Waals surface area contributed by atoms with Crippen LogP contribution in [0.1, 0.15) is 23.0 Å². The summed E-state index contributed by atoms with van der Waals surface area (Å²) in [6, 6.07) is 1.90. The Labute approximate surface area is 110 Å². The van der Waals surface area contributed by atoms with Crippen molar-refractivity contribution in [2.45, 2.75) is 37.6 Å². The van der Waals surface area contributed by atoms with Gasteiger partial charge in [0.25, 0.3) is 5.22 Å². The molecule has 0 bridgehead atoms. The Bertz CT molecular complexity index is 535. The molecule has 2 aromatic rings. The number of rotatable bonds is 4. The van der Waals surface area contributed by atoms with Crippen molar-refractivity contribution in [2.75, 3.05) is 7.11 Å². The fraction of sp³-hybridized carbons (Fsp3) is 0.417. The van der Waals surface area contributed by atoms with E-state index in [-0.39, 0.29) is 0 Å². The molecule has 0 aliphatic rings. The smallest absolute Gasteiger partial charge is 0.262 e. The second kappa shape index (κ2) is 5.49. The Balaban J connectivity index is 2.22. The number of hydrogen-bond donors (Lipinski definition) is 0. The molecule has 96 valence electrons. The first-order valence-electron chi connectivity index (χ1n) is 5.54. The molecule has 0 radical (unpaired) electrons. The van der Waals surface area contributed by atoms with Gasteiger partial charge in [0.1, 0.15) is 17.4 Å². The predicted molar refractivity (Wildman–Crippen MR) is 67.6 cm³/mol. The van der Waals surface area contributed by atoms with Crippen molar-refractivity contribution in [3.8, 4) is 0 Å². The van der Waals surface area contributed by atoms with E-state index in [1.165, 1.54) is 11.8 Å². The number of aryl methyl sites for hydroxylation is 3. The van der Waals surface area contributed by atoms with E-state index in [9.17, 15) is 0 Å². The lowest BCUT2D eigenvalue weighted by Crippen LogP contribution is -1.99. The highest BCUT2D eigenvalue weighted by Crippen LogP contribution is 2.27. The van der Waals surface area contributed by atoms with E-state index in [0.717, 1.165) is 22.2 Å². The molecule has 2 heterocycles. The quantitative estimate of drug-likeness (QED) is 0.792. The highest BCUT2D eigenvalue weighted by atomic mass is 32.2. The molecule has 0 fully saturated rings. The zero-order valence-corrected chi connectivity index (χ0v) is 11.7. The lowest BCUT2D eigenvalue weighted by molar-refractivity contribution is 0.177. The third kappa shape index (κ3) is 3.08. The van der Waals surface area contributed by atoms with Gasteiger partial charge in [-0.05, 0) is 38.6 Å². The third-order valence-corrected chi connectivity index (χ3v) is 3.12. The van der Waals surface area contributed by atoms with Crippen molar-refractivity contribution in [3.05, 3.63) is 29.0 Å². The molecule has 0 saturated carbocycles. The average Bonchev–Trinajstić information content (AvgIpc) is 2.57. The number of methoxy groups -OCH3 is 1. The van der Waals surface area contributed by atoms with Gasteiger partial charge in [-0.2, -0.15) is 0 Å². The fourth-order valence-corrected chi connectivity index (χ4v) is 2.33. The number of nitrogens with zero attached hydrogens (tertiary/aromatic N) is 3. The minimum absolute atomic E-state index is 0.402. The van der Waals surface area contributed by atoms with Crippen LogP contribution in [0.4, 0.5) is 0 Å². The molecular formula is C12H15N3O2S. The van der Waals surface area contributed by atoms with E-state index in [2.05, 4.69) is 15.0 Å². The molecule has 0 spiro atoms. The molecule has 18 heavy (non-hydrogen) atoms. The van der Waals surface area contributed by atoms with Gasteiger partial charge in [0.05, 0.1) is 5.69 Å². The molecular weight excluding hydrogens is 250 g/mol. The molecule has 2 aromatic heterocycles. The minimum Gasteiger partial charge on any atom is -0.436 e. The normalized spacial score (nSPS) is 10.9. The topological polar surface area (TPSA) is 61.0 Å². The van der Waals surface area contributed by atoms with Crippen LogP contribution in [-0.2, 0) is 11.3 Å². The van der Waals surface area contributed by atoms with Gasteiger partial charge in [-0.15, -0.1) is 0 Å². The average molecular weight is 265 g/mol. The van der Waals surface area contributed by atoms with Gasteiger partial charge >= 0.3 is 0 Å². The Hall–Kier alpha value is -1.40. The summed E-state index contributed by atoms with van der Waals surface area (Å²) in [7, 11) is 1.62. The standard InChI is InChI=1S/C12H15N3O2S/c1-7-5-11(15-10(13-7)6-16-4)18-12-14-8(2)9(3)17-12/h5H,6H2,1-4H3. The molecule has 0 aromatic carbocycles. The second-order valence-electron chi connectivity index (χ2n) is 3.92. The van der Waals surface area contributed by atoms with Gasteiger partial charge in [0, 0.05) is 12.8 Å². The van der Waals surface area contributed by atoms with Crippen LogP contribution in [-0.4, -0.2) is 22.1 Å². The first-order chi connectivity index (χ1) is 8.58. The molecule has 0 atom stereocenters. The monoisotopic (exact) mass is 265 g/mol. The van der Waals surface area contributed by atoms with E-state index in [0.29, 0.717) is 17.7 Å². The van der Waals surface area contributed by atoms with Crippen LogP contribution in [0.15, 0.2) is 20.7 Å². The van der Waals surface area contributed by atoms with Crippen molar-refractivity contribution >= 4 is 11.8 Å². The maximum absolute atomic E-state index is 5.52. The van der Waals surface area contributed by atoms with Crippen LogP contribution in [0.5, 0.6) is 0 Å². The first-order valence-corrected chi connectivity index (χ1v) is 6.35. The lowest BCUT2D eigenvalue weighted by atomic mass is 10.4. The minimum atomic E-state index is 0.402. The molecule has 0 unspecified atom stereocenters. The van der Waals surface area contributed by atoms with E-state index >= 15 is 0 Å².